The van der Waals surface area contributed by atoms with Crippen LogP contribution in [0.1, 0.15) is 41.6 Å². The molecular formula is C23H25ClF3N3O7S2. The predicted molar refractivity (Wildman–Crippen MR) is 137 cm³/mol. The van der Waals surface area contributed by atoms with Crippen molar-refractivity contribution < 1.29 is 45.8 Å². The first-order chi connectivity index (χ1) is 17.8. The van der Waals surface area contributed by atoms with Crippen molar-refractivity contribution in [1.29, 1.82) is 0 Å². The average molecular weight is 612 g/mol. The van der Waals surface area contributed by atoms with E-state index in [1.54, 1.807) is 20.8 Å². The van der Waals surface area contributed by atoms with Gasteiger partial charge in [-0.2, -0.15) is 13.2 Å². The van der Waals surface area contributed by atoms with Crippen LogP contribution in [-0.4, -0.2) is 72.6 Å². The minimum Gasteiger partial charge on any atom is -0.480 e. The van der Waals surface area contributed by atoms with Gasteiger partial charge in [-0.1, -0.05) is 11.6 Å². The second-order valence-corrected chi connectivity index (χ2v) is 13.0. The number of anilines is 1. The summed E-state index contributed by atoms with van der Waals surface area (Å²) in [5.41, 5.74) is -2.32. The van der Waals surface area contributed by atoms with E-state index in [1.165, 1.54) is 17.9 Å². The summed E-state index contributed by atoms with van der Waals surface area (Å²) in [5.74, 6) is -2.16. The van der Waals surface area contributed by atoms with Gasteiger partial charge < -0.3 is 19.6 Å². The van der Waals surface area contributed by atoms with Crippen LogP contribution in [0.3, 0.4) is 0 Å². The molecule has 1 aliphatic heterocycles. The second-order valence-electron chi connectivity index (χ2n) is 9.66. The molecule has 1 fully saturated rings. The Bertz CT molecular complexity index is 1400. The highest BCUT2D eigenvalue weighted by Gasteiger charge is 2.39. The topological polar surface area (TPSA) is 133 Å². The van der Waals surface area contributed by atoms with Gasteiger partial charge in [-0.3, -0.25) is 9.52 Å². The SMILES string of the molecule is Cc1cc(C(=O)N2CCN(C(=O)OC(C)(C)C)C[C@H]2C(=O)O)sc1S(=O)(=O)Nc1cc(C(F)(F)F)ccc1Cl. The summed E-state index contributed by atoms with van der Waals surface area (Å²) >= 11 is 6.43. The molecule has 39 heavy (non-hydrogen) atoms. The number of hydrogen-bond acceptors (Lipinski definition) is 7. The van der Waals surface area contributed by atoms with E-state index in [4.69, 9.17) is 16.3 Å². The van der Waals surface area contributed by atoms with Crippen molar-refractivity contribution >= 4 is 56.6 Å². The molecule has 2 heterocycles. The van der Waals surface area contributed by atoms with Crippen LogP contribution in [0.15, 0.2) is 28.5 Å². The summed E-state index contributed by atoms with van der Waals surface area (Å²) < 4.78 is 72.3. The maximum Gasteiger partial charge on any atom is 0.416 e. The van der Waals surface area contributed by atoms with Crippen LogP contribution in [0.5, 0.6) is 0 Å². The van der Waals surface area contributed by atoms with Crippen LogP contribution in [0.4, 0.5) is 23.7 Å². The summed E-state index contributed by atoms with van der Waals surface area (Å²) in [6, 6.07) is 1.98. The second kappa shape index (κ2) is 10.8. The molecule has 1 saturated heterocycles. The van der Waals surface area contributed by atoms with Crippen molar-refractivity contribution in [1.82, 2.24) is 9.80 Å². The van der Waals surface area contributed by atoms with Gasteiger partial charge in [0.05, 0.1) is 27.7 Å². The Labute approximate surface area is 231 Å². The van der Waals surface area contributed by atoms with Crippen LogP contribution in [0.25, 0.3) is 0 Å². The van der Waals surface area contributed by atoms with Crippen LogP contribution >= 0.6 is 22.9 Å². The molecule has 2 aromatic rings. The van der Waals surface area contributed by atoms with Crippen molar-refractivity contribution in [2.45, 2.75) is 49.7 Å². The third kappa shape index (κ3) is 7.13. The molecule has 10 nitrogen and oxygen atoms in total. The number of sulfonamides is 1. The summed E-state index contributed by atoms with van der Waals surface area (Å²) in [6.07, 6.45) is -5.47. The number of piperazine rings is 1. The van der Waals surface area contributed by atoms with Gasteiger partial charge >= 0.3 is 18.2 Å². The Morgan fingerprint density at radius 2 is 1.79 bits per heavy atom. The van der Waals surface area contributed by atoms with Gasteiger partial charge in [-0.25, -0.2) is 18.0 Å². The highest BCUT2D eigenvalue weighted by molar-refractivity contribution is 7.94. The standard InChI is InChI=1S/C23H25ClF3N3O7S2/c1-12-9-17(18(31)30-8-7-29(11-16(30)19(32)33)21(34)37-22(2,3)4)38-20(12)39(35,36)28-15-10-13(23(25,26)27)5-6-14(15)24/h5-6,9-10,16,28H,7-8,11H2,1-4H3,(H,32,33)/t16-/m0/s1. The lowest BCUT2D eigenvalue weighted by Gasteiger charge is -2.39. The quantitative estimate of drug-likeness (QED) is 0.502. The highest BCUT2D eigenvalue weighted by atomic mass is 35.5. The molecule has 1 aromatic heterocycles. The number of hydrogen-bond donors (Lipinski definition) is 2. The van der Waals surface area contributed by atoms with Crippen molar-refractivity contribution in [3.8, 4) is 0 Å². The molecule has 0 saturated carbocycles. The number of carboxylic acids is 1. The van der Waals surface area contributed by atoms with Crippen molar-refractivity contribution in [3.05, 3.63) is 45.3 Å². The molecule has 0 unspecified atom stereocenters. The zero-order valence-corrected chi connectivity index (χ0v) is 23.5. The fourth-order valence-electron chi connectivity index (χ4n) is 3.68. The lowest BCUT2D eigenvalue weighted by Crippen LogP contribution is -2.59. The van der Waals surface area contributed by atoms with Crippen molar-refractivity contribution in [2.24, 2.45) is 0 Å². The molecule has 1 aliphatic rings. The first-order valence-corrected chi connectivity index (χ1v) is 14.0. The molecule has 2 amide bonds. The number of nitrogens with one attached hydrogen (secondary N) is 1. The van der Waals surface area contributed by atoms with E-state index in [-0.39, 0.29) is 39.3 Å². The van der Waals surface area contributed by atoms with E-state index in [2.05, 4.69) is 0 Å². The summed E-state index contributed by atoms with van der Waals surface area (Å²) in [5, 5.41) is 9.45. The van der Waals surface area contributed by atoms with E-state index >= 15 is 0 Å². The summed E-state index contributed by atoms with van der Waals surface area (Å²) in [6.45, 7) is 5.81. The Kier molecular flexibility index (Phi) is 8.49. The third-order valence-electron chi connectivity index (χ3n) is 5.44. The normalized spacial score (nSPS) is 16.7. The molecule has 0 spiro atoms. The van der Waals surface area contributed by atoms with Crippen LogP contribution in [-0.2, 0) is 25.7 Å². The summed E-state index contributed by atoms with van der Waals surface area (Å²) in [4.78, 5) is 39.7. The van der Waals surface area contributed by atoms with Gasteiger partial charge in [0, 0.05) is 13.1 Å². The molecule has 0 aliphatic carbocycles. The number of nitrogens with zero attached hydrogens (tertiary/aromatic N) is 2. The van der Waals surface area contributed by atoms with Gasteiger partial charge in [-0.15, -0.1) is 11.3 Å². The van der Waals surface area contributed by atoms with E-state index in [0.29, 0.717) is 23.5 Å². The van der Waals surface area contributed by atoms with E-state index in [1.807, 2.05) is 4.72 Å². The first-order valence-electron chi connectivity index (χ1n) is 11.3. The number of benzene rings is 1. The number of ether oxygens (including phenoxy) is 1. The number of aryl methyl sites for hydroxylation is 1. The summed E-state index contributed by atoms with van der Waals surface area (Å²) in [7, 11) is -4.48. The van der Waals surface area contributed by atoms with Gasteiger partial charge in [-0.05, 0) is 57.5 Å². The molecule has 214 valence electrons. The van der Waals surface area contributed by atoms with Gasteiger partial charge in [0.2, 0.25) is 0 Å². The highest BCUT2D eigenvalue weighted by Crippen LogP contribution is 2.36. The van der Waals surface area contributed by atoms with Gasteiger partial charge in [0.1, 0.15) is 15.9 Å². The zero-order valence-electron chi connectivity index (χ0n) is 21.1. The molecule has 1 atom stereocenters. The zero-order chi connectivity index (χ0) is 29.5. The van der Waals surface area contributed by atoms with Gasteiger partial charge in [0.25, 0.3) is 15.9 Å². The number of amides is 2. The average Bonchev–Trinajstić information content (AvgIpc) is 3.20. The first kappa shape index (κ1) is 30.5. The number of rotatable bonds is 5. The number of carbonyl (C=O) groups excluding carboxylic acids is 2. The Morgan fingerprint density at radius 1 is 1.15 bits per heavy atom. The molecule has 0 radical (unpaired) electrons. The smallest absolute Gasteiger partial charge is 0.416 e. The number of carboxylic acid groups (broad SMARTS) is 1. The maximum atomic E-state index is 13.3. The maximum absolute atomic E-state index is 13.3. The molecule has 1 aromatic carbocycles. The fourth-order valence-corrected chi connectivity index (χ4v) is 6.63. The van der Waals surface area contributed by atoms with Crippen molar-refractivity contribution in [2.75, 3.05) is 24.4 Å². The van der Waals surface area contributed by atoms with E-state index in [9.17, 15) is 41.1 Å². The Balaban J connectivity index is 1.85. The number of halogens is 4. The Hall–Kier alpha value is -3.04. The minimum absolute atomic E-state index is 0.0183. The van der Waals surface area contributed by atoms with Crippen LogP contribution in [0.2, 0.25) is 5.02 Å². The van der Waals surface area contributed by atoms with E-state index < -0.39 is 57.1 Å². The molecule has 16 heteroatoms. The van der Waals surface area contributed by atoms with Crippen LogP contribution in [0, 0.1) is 6.92 Å². The number of carbonyl (C=O) groups is 3. The lowest BCUT2D eigenvalue weighted by molar-refractivity contribution is -0.144. The monoisotopic (exact) mass is 611 g/mol. The van der Waals surface area contributed by atoms with Crippen LogP contribution < -0.4 is 4.72 Å². The third-order valence-corrected chi connectivity index (χ3v) is 9.00. The Morgan fingerprint density at radius 3 is 2.36 bits per heavy atom. The number of alkyl halides is 3. The number of aliphatic carboxylic acids is 1. The largest absolute Gasteiger partial charge is 0.480 e. The lowest BCUT2D eigenvalue weighted by atomic mass is 10.1. The van der Waals surface area contributed by atoms with Crippen molar-refractivity contribution in [3.63, 3.8) is 0 Å². The molecule has 0 bridgehead atoms. The molecule has 3 rings (SSSR count). The number of thiophene rings is 1. The van der Waals surface area contributed by atoms with Gasteiger partial charge in [0.15, 0.2) is 0 Å². The molecule has 2 N–H and O–H groups in total. The van der Waals surface area contributed by atoms with E-state index in [0.717, 1.165) is 11.0 Å². The minimum atomic E-state index is -4.74. The fraction of sp³-hybridized carbons (Fsp3) is 0.435. The molecular weight excluding hydrogens is 587 g/mol. The predicted octanol–water partition coefficient (Wildman–Crippen LogP) is 4.68.